The summed E-state index contributed by atoms with van der Waals surface area (Å²) < 4.78 is 21.7. The molecule has 4 amide bonds. The van der Waals surface area contributed by atoms with Gasteiger partial charge in [0.2, 0.25) is 5.91 Å². The molecular weight excluding hydrogens is 829 g/mol. The molecule has 338 valence electrons. The maximum Gasteiger partial charge on any atom is 0.407 e. The SMILES string of the molecule is COC[C@H]1C[C@@H](c2nc3c(ccc4cc5c(cc43)OCc3cc(-c4cnc([C@@H]6CC[C@H](C)N6C(=O)[C@@H](NC(=O)OC)C(C)C)[nH]4)ccc3-5)[nH]2)N(C(=O)[C@H](NC(=O)OC)c2ccccc2)C1. The van der Waals surface area contributed by atoms with Gasteiger partial charge < -0.3 is 49.3 Å². The number of nitrogens with one attached hydrogen (secondary N) is 4. The predicted molar refractivity (Wildman–Crippen MR) is 243 cm³/mol. The number of carbonyl (C=O) groups is 4. The number of methoxy groups -OCH3 is 3. The Balaban J connectivity index is 0.981. The van der Waals surface area contributed by atoms with Gasteiger partial charge in [0.25, 0.3) is 5.91 Å². The molecule has 2 fully saturated rings. The highest BCUT2D eigenvalue weighted by Crippen LogP contribution is 2.44. The van der Waals surface area contributed by atoms with Gasteiger partial charge in [0, 0.05) is 36.6 Å². The summed E-state index contributed by atoms with van der Waals surface area (Å²) in [5, 5.41) is 7.38. The van der Waals surface area contributed by atoms with Crippen LogP contribution in [0, 0.1) is 11.8 Å². The van der Waals surface area contributed by atoms with Crippen LogP contribution in [0.2, 0.25) is 0 Å². The Morgan fingerprint density at radius 3 is 2.40 bits per heavy atom. The van der Waals surface area contributed by atoms with Gasteiger partial charge >= 0.3 is 12.2 Å². The molecule has 2 saturated heterocycles. The van der Waals surface area contributed by atoms with E-state index in [1.165, 1.54) is 14.2 Å². The van der Waals surface area contributed by atoms with E-state index in [2.05, 4.69) is 50.9 Å². The van der Waals surface area contributed by atoms with Crippen molar-refractivity contribution in [2.75, 3.05) is 34.5 Å². The number of amides is 4. The monoisotopic (exact) mass is 882 g/mol. The molecule has 65 heavy (non-hydrogen) atoms. The molecule has 9 rings (SSSR count). The topological polar surface area (TPSA) is 193 Å². The number of aromatic amines is 2. The molecule has 6 aromatic rings. The van der Waals surface area contributed by atoms with Gasteiger partial charge in [0.15, 0.2) is 0 Å². The van der Waals surface area contributed by atoms with Gasteiger partial charge in [-0.2, -0.15) is 0 Å². The van der Waals surface area contributed by atoms with Crippen molar-refractivity contribution in [3.8, 4) is 28.1 Å². The Morgan fingerprint density at radius 1 is 0.862 bits per heavy atom. The molecule has 3 aliphatic heterocycles. The van der Waals surface area contributed by atoms with E-state index in [0.717, 1.165) is 68.3 Å². The summed E-state index contributed by atoms with van der Waals surface area (Å²) >= 11 is 0. The summed E-state index contributed by atoms with van der Waals surface area (Å²) in [6.07, 6.45) is 2.66. The second-order valence-electron chi connectivity index (χ2n) is 17.6. The van der Waals surface area contributed by atoms with Crippen molar-refractivity contribution >= 4 is 45.8 Å². The first kappa shape index (κ1) is 43.3. The molecule has 0 saturated carbocycles. The number of H-pyrrole nitrogens is 2. The average molecular weight is 883 g/mol. The predicted octanol–water partition coefficient (Wildman–Crippen LogP) is 7.73. The number of aromatic nitrogens is 4. The number of fused-ring (bicyclic) bond motifs is 6. The number of imidazole rings is 2. The van der Waals surface area contributed by atoms with Crippen molar-refractivity contribution in [2.24, 2.45) is 11.8 Å². The van der Waals surface area contributed by atoms with E-state index in [1.54, 1.807) is 12.0 Å². The molecule has 4 N–H and O–H groups in total. The molecule has 5 heterocycles. The van der Waals surface area contributed by atoms with Crippen molar-refractivity contribution in [2.45, 2.75) is 76.8 Å². The smallest absolute Gasteiger partial charge is 0.407 e. The van der Waals surface area contributed by atoms with Crippen molar-refractivity contribution in [1.29, 1.82) is 0 Å². The van der Waals surface area contributed by atoms with Gasteiger partial charge in [-0.3, -0.25) is 9.59 Å². The van der Waals surface area contributed by atoms with Gasteiger partial charge in [-0.25, -0.2) is 19.6 Å². The Hall–Kier alpha value is -6.94. The Labute approximate surface area is 376 Å². The maximum atomic E-state index is 14.4. The quantitative estimate of drug-likeness (QED) is 0.100. The first-order chi connectivity index (χ1) is 31.5. The molecule has 2 aromatic heterocycles. The van der Waals surface area contributed by atoms with Crippen molar-refractivity contribution < 1.29 is 38.1 Å². The fourth-order valence-corrected chi connectivity index (χ4v) is 9.83. The van der Waals surface area contributed by atoms with Crippen LogP contribution in [0.15, 0.2) is 79.0 Å². The summed E-state index contributed by atoms with van der Waals surface area (Å²) in [6, 6.07) is 21.4. The number of rotatable bonds is 11. The number of likely N-dealkylation sites (tertiary alicyclic amines) is 2. The van der Waals surface area contributed by atoms with Gasteiger partial charge in [-0.05, 0) is 84.0 Å². The lowest BCUT2D eigenvalue weighted by Gasteiger charge is -2.32. The lowest BCUT2D eigenvalue weighted by atomic mass is 9.92. The summed E-state index contributed by atoms with van der Waals surface area (Å²) in [6.45, 7) is 7.10. The van der Waals surface area contributed by atoms with E-state index < -0.39 is 30.3 Å². The van der Waals surface area contributed by atoms with Crippen LogP contribution in [-0.4, -0.2) is 100 Å². The lowest BCUT2D eigenvalue weighted by Crippen LogP contribution is -2.52. The molecule has 3 aliphatic rings. The van der Waals surface area contributed by atoms with E-state index >= 15 is 0 Å². The van der Waals surface area contributed by atoms with Gasteiger partial charge in [0.05, 0.1) is 55.8 Å². The minimum Gasteiger partial charge on any atom is -0.488 e. The van der Waals surface area contributed by atoms with Crippen molar-refractivity contribution in [3.05, 3.63) is 102 Å². The zero-order chi connectivity index (χ0) is 45.5. The van der Waals surface area contributed by atoms with E-state index in [9.17, 15) is 19.2 Å². The minimum atomic E-state index is -0.955. The molecule has 0 aliphatic carbocycles. The molecule has 0 bridgehead atoms. The van der Waals surface area contributed by atoms with Gasteiger partial charge in [0.1, 0.15) is 36.1 Å². The van der Waals surface area contributed by atoms with Crippen LogP contribution in [0.1, 0.15) is 80.9 Å². The maximum absolute atomic E-state index is 14.4. The summed E-state index contributed by atoms with van der Waals surface area (Å²) in [5.41, 5.74) is 7.09. The number of hydrogen-bond acceptors (Lipinski definition) is 10. The second kappa shape index (κ2) is 17.9. The number of ether oxygens (including phenoxy) is 4. The first-order valence-corrected chi connectivity index (χ1v) is 22.1. The molecule has 4 aromatic carbocycles. The number of nitrogens with zero attached hydrogens (tertiary/aromatic N) is 4. The van der Waals surface area contributed by atoms with Crippen LogP contribution in [0.5, 0.6) is 5.75 Å². The third-order valence-electron chi connectivity index (χ3n) is 13.1. The molecule has 16 nitrogen and oxygen atoms in total. The summed E-state index contributed by atoms with van der Waals surface area (Å²) in [4.78, 5) is 73.5. The molecule has 0 radical (unpaired) electrons. The zero-order valence-corrected chi connectivity index (χ0v) is 37.3. The minimum absolute atomic E-state index is 0.0245. The van der Waals surface area contributed by atoms with Gasteiger partial charge in [-0.15, -0.1) is 0 Å². The van der Waals surface area contributed by atoms with Crippen LogP contribution >= 0.6 is 0 Å². The van der Waals surface area contributed by atoms with E-state index in [0.29, 0.717) is 43.4 Å². The van der Waals surface area contributed by atoms with Crippen molar-refractivity contribution in [1.82, 2.24) is 40.4 Å². The third kappa shape index (κ3) is 8.22. The van der Waals surface area contributed by atoms with Gasteiger partial charge in [-0.1, -0.05) is 62.4 Å². The number of hydrogen-bond donors (Lipinski definition) is 4. The number of benzene rings is 4. The first-order valence-electron chi connectivity index (χ1n) is 22.1. The fourth-order valence-electron chi connectivity index (χ4n) is 9.83. The van der Waals surface area contributed by atoms with E-state index in [-0.39, 0.29) is 35.7 Å². The van der Waals surface area contributed by atoms with Crippen molar-refractivity contribution in [3.63, 3.8) is 0 Å². The third-order valence-corrected chi connectivity index (χ3v) is 13.1. The average Bonchev–Trinajstić information content (AvgIpc) is 4.15. The molecule has 6 atom stereocenters. The highest BCUT2D eigenvalue weighted by Gasteiger charge is 2.43. The highest BCUT2D eigenvalue weighted by molar-refractivity contribution is 6.07. The van der Waals surface area contributed by atoms with Crippen LogP contribution in [0.4, 0.5) is 9.59 Å². The Kier molecular flexibility index (Phi) is 11.9. The number of alkyl carbamates (subject to hydrolysis) is 2. The van der Waals surface area contributed by atoms with Crippen LogP contribution in [0.3, 0.4) is 0 Å². The molecule has 16 heteroatoms. The van der Waals surface area contributed by atoms with E-state index in [4.69, 9.17) is 28.9 Å². The summed E-state index contributed by atoms with van der Waals surface area (Å²) in [7, 11) is 4.22. The standard InChI is InChI=1S/C49H54N8O8/c1-26(2)41(54-48(60)63-5)47(59)57-27(3)12-17-38(57)44-50-22-37(52-44)31-13-15-33-32(19-31)25-65-40-21-34-30(20-35(33)40)14-16-36-43(34)53-45(51-36)39-18-28(24-62-4)23-56(39)46(58)42(55-49(61)64-6)29-10-8-7-9-11-29/h7-11,13-16,19-22,26-28,38-39,41-42H,12,17-18,23-25H2,1-6H3,(H,50,52)(H,51,53)(H,54,60)(H,55,61)/t27-,28-,38-,39-,41-,42+/m0/s1. The second-order valence-corrected chi connectivity index (χ2v) is 17.6. The largest absolute Gasteiger partial charge is 0.488 e. The molecular formula is C49H54N8O8. The van der Waals surface area contributed by atoms with Crippen LogP contribution < -0.4 is 15.4 Å². The lowest BCUT2D eigenvalue weighted by molar-refractivity contribution is -0.137. The van der Waals surface area contributed by atoms with E-state index in [1.807, 2.05) is 74.3 Å². The highest BCUT2D eigenvalue weighted by atomic mass is 16.5. The van der Waals surface area contributed by atoms with Crippen LogP contribution in [-0.2, 0) is 30.4 Å². The zero-order valence-electron chi connectivity index (χ0n) is 37.3. The molecule has 0 unspecified atom stereocenters. The molecule has 0 spiro atoms. The summed E-state index contributed by atoms with van der Waals surface area (Å²) in [5.74, 6) is 1.60. The van der Waals surface area contributed by atoms with Crippen LogP contribution in [0.25, 0.3) is 44.2 Å². The Morgan fingerprint density at radius 2 is 1.65 bits per heavy atom. The fraction of sp³-hybridized carbons (Fsp3) is 0.388. The normalized spacial score (nSPS) is 20.0. The number of carbonyl (C=O) groups excluding carboxylic acids is 4. The Bertz CT molecular complexity index is 2770.